The van der Waals surface area contributed by atoms with E-state index in [0.29, 0.717) is 24.1 Å². The fourth-order valence-electron chi connectivity index (χ4n) is 3.51. The van der Waals surface area contributed by atoms with E-state index in [1.807, 2.05) is 11.0 Å². The number of hydrogen-bond donors (Lipinski definition) is 2. The first-order chi connectivity index (χ1) is 11.1. The summed E-state index contributed by atoms with van der Waals surface area (Å²) >= 11 is 0. The molecule has 0 radical (unpaired) electrons. The minimum atomic E-state index is 0.119. The predicted octanol–water partition coefficient (Wildman–Crippen LogP) is 3.49. The number of carbonyl (C=O) groups excluding carboxylic acids is 1. The molecule has 4 nitrogen and oxygen atoms in total. The van der Waals surface area contributed by atoms with Gasteiger partial charge in [0, 0.05) is 24.0 Å². The van der Waals surface area contributed by atoms with Crippen LogP contribution in [0.4, 0.5) is 0 Å². The van der Waals surface area contributed by atoms with Crippen molar-refractivity contribution >= 4 is 16.8 Å². The van der Waals surface area contributed by atoms with Gasteiger partial charge in [0.15, 0.2) is 0 Å². The van der Waals surface area contributed by atoms with Crippen molar-refractivity contribution in [3.8, 4) is 0 Å². The number of H-pyrrole nitrogens is 1. The number of carbonyl (C=O) groups is 1. The molecule has 0 unspecified atom stereocenters. The van der Waals surface area contributed by atoms with Crippen molar-refractivity contribution in [1.82, 2.24) is 9.88 Å². The highest BCUT2D eigenvalue weighted by atomic mass is 16.2. The van der Waals surface area contributed by atoms with Crippen LogP contribution in [0, 0.1) is 5.92 Å². The van der Waals surface area contributed by atoms with Gasteiger partial charge in [-0.15, -0.1) is 0 Å². The first-order valence-electron chi connectivity index (χ1n) is 8.70. The van der Waals surface area contributed by atoms with Crippen molar-refractivity contribution in [2.24, 2.45) is 11.7 Å². The van der Waals surface area contributed by atoms with Crippen LogP contribution < -0.4 is 5.73 Å². The maximum atomic E-state index is 12.8. The van der Waals surface area contributed by atoms with Crippen LogP contribution in [0.15, 0.2) is 24.3 Å². The van der Waals surface area contributed by atoms with Crippen molar-refractivity contribution in [2.75, 3.05) is 19.6 Å². The lowest BCUT2D eigenvalue weighted by Crippen LogP contribution is -2.40. The van der Waals surface area contributed by atoms with E-state index in [4.69, 9.17) is 5.73 Å². The van der Waals surface area contributed by atoms with E-state index < -0.39 is 0 Å². The van der Waals surface area contributed by atoms with Crippen molar-refractivity contribution < 1.29 is 4.79 Å². The maximum absolute atomic E-state index is 12.8. The summed E-state index contributed by atoms with van der Waals surface area (Å²) in [4.78, 5) is 18.1. The van der Waals surface area contributed by atoms with Gasteiger partial charge < -0.3 is 15.6 Å². The number of likely N-dealkylation sites (tertiary alicyclic amines) is 1. The second kappa shape index (κ2) is 6.75. The molecule has 2 heterocycles. The third kappa shape index (κ3) is 3.42. The molecule has 1 aromatic carbocycles. The van der Waals surface area contributed by atoms with E-state index in [9.17, 15) is 4.79 Å². The lowest BCUT2D eigenvalue weighted by Gasteiger charge is -2.32. The van der Waals surface area contributed by atoms with E-state index in [1.54, 1.807) is 0 Å². The number of aromatic amines is 1. The minimum Gasteiger partial charge on any atom is -0.351 e. The first-order valence-corrected chi connectivity index (χ1v) is 8.70. The van der Waals surface area contributed by atoms with Gasteiger partial charge in [-0.3, -0.25) is 4.79 Å². The molecule has 0 spiro atoms. The van der Waals surface area contributed by atoms with Gasteiger partial charge in [0.25, 0.3) is 5.91 Å². The Balaban J connectivity index is 1.80. The maximum Gasteiger partial charge on any atom is 0.270 e. The Hall–Kier alpha value is -1.81. The van der Waals surface area contributed by atoms with Gasteiger partial charge in [-0.1, -0.05) is 26.0 Å². The second-order valence-corrected chi connectivity index (χ2v) is 7.02. The summed E-state index contributed by atoms with van der Waals surface area (Å²) in [7, 11) is 0. The fourth-order valence-corrected chi connectivity index (χ4v) is 3.51. The van der Waals surface area contributed by atoms with Crippen LogP contribution in [0.2, 0.25) is 0 Å². The van der Waals surface area contributed by atoms with Gasteiger partial charge >= 0.3 is 0 Å². The van der Waals surface area contributed by atoms with Crippen LogP contribution in [0.5, 0.6) is 0 Å². The third-order valence-electron chi connectivity index (χ3n) is 4.92. The molecule has 1 fully saturated rings. The van der Waals surface area contributed by atoms with E-state index >= 15 is 0 Å². The van der Waals surface area contributed by atoms with Gasteiger partial charge in [-0.25, -0.2) is 0 Å². The highest BCUT2D eigenvalue weighted by Gasteiger charge is 2.25. The van der Waals surface area contributed by atoms with Crippen LogP contribution in [0.3, 0.4) is 0 Å². The second-order valence-electron chi connectivity index (χ2n) is 7.02. The lowest BCUT2D eigenvalue weighted by atomic mass is 9.94. The van der Waals surface area contributed by atoms with Crippen molar-refractivity contribution in [1.29, 1.82) is 0 Å². The monoisotopic (exact) mass is 313 g/mol. The molecule has 1 amide bonds. The summed E-state index contributed by atoms with van der Waals surface area (Å²) in [6.45, 7) is 6.76. The number of aromatic nitrogens is 1. The first kappa shape index (κ1) is 16.1. The van der Waals surface area contributed by atoms with E-state index in [-0.39, 0.29) is 5.91 Å². The van der Waals surface area contributed by atoms with Crippen molar-refractivity contribution in [3.05, 3.63) is 35.5 Å². The Morgan fingerprint density at radius 3 is 2.96 bits per heavy atom. The van der Waals surface area contributed by atoms with Gasteiger partial charge in [0.2, 0.25) is 0 Å². The van der Waals surface area contributed by atoms with Crippen LogP contribution in [-0.2, 0) is 0 Å². The summed E-state index contributed by atoms with van der Waals surface area (Å²) in [5.41, 5.74) is 8.72. The third-order valence-corrected chi connectivity index (χ3v) is 4.92. The van der Waals surface area contributed by atoms with Crippen molar-refractivity contribution in [3.63, 3.8) is 0 Å². The van der Waals surface area contributed by atoms with Crippen LogP contribution >= 0.6 is 0 Å². The van der Waals surface area contributed by atoms with Crippen LogP contribution in [0.1, 0.15) is 55.1 Å². The van der Waals surface area contributed by atoms with Gasteiger partial charge in [0.1, 0.15) is 5.69 Å². The number of amides is 1. The Morgan fingerprint density at radius 1 is 1.39 bits per heavy atom. The molecule has 2 aromatic rings. The topological polar surface area (TPSA) is 62.1 Å². The number of rotatable bonds is 4. The van der Waals surface area contributed by atoms with Gasteiger partial charge in [-0.2, -0.15) is 0 Å². The molecular weight excluding hydrogens is 286 g/mol. The average molecular weight is 313 g/mol. The summed E-state index contributed by atoms with van der Waals surface area (Å²) in [6, 6.07) is 8.39. The number of fused-ring (bicyclic) bond motifs is 1. The molecule has 124 valence electrons. The van der Waals surface area contributed by atoms with Crippen LogP contribution in [-0.4, -0.2) is 35.4 Å². The zero-order valence-corrected chi connectivity index (χ0v) is 14.1. The molecule has 1 aliphatic rings. The zero-order chi connectivity index (χ0) is 16.4. The SMILES string of the molecule is CC(C)c1ccc2cc(C(=O)N3CCC[C@H](CCN)C3)[nH]c2c1. The number of nitrogens with two attached hydrogens (primary N) is 1. The van der Waals surface area contributed by atoms with Gasteiger partial charge in [0.05, 0.1) is 0 Å². The molecular formula is C19H27N3O. The fraction of sp³-hybridized carbons (Fsp3) is 0.526. The molecule has 1 atom stereocenters. The lowest BCUT2D eigenvalue weighted by molar-refractivity contribution is 0.0664. The number of nitrogens with zero attached hydrogens (tertiary/aromatic N) is 1. The summed E-state index contributed by atoms with van der Waals surface area (Å²) in [5, 5.41) is 1.10. The quantitative estimate of drug-likeness (QED) is 0.907. The van der Waals surface area contributed by atoms with E-state index in [0.717, 1.165) is 36.8 Å². The number of hydrogen-bond acceptors (Lipinski definition) is 2. The predicted molar refractivity (Wildman–Crippen MR) is 94.7 cm³/mol. The largest absolute Gasteiger partial charge is 0.351 e. The number of nitrogens with one attached hydrogen (secondary N) is 1. The summed E-state index contributed by atoms with van der Waals surface area (Å²) in [6.07, 6.45) is 3.27. The smallest absolute Gasteiger partial charge is 0.270 e. The molecule has 1 aliphatic heterocycles. The standard InChI is InChI=1S/C19H27N3O/c1-13(2)15-5-6-16-11-18(21-17(16)10-15)19(23)22-9-3-4-14(12-22)7-8-20/h5-6,10-11,13-14,21H,3-4,7-9,12,20H2,1-2H3/t14-/m1/s1. The van der Waals surface area contributed by atoms with Crippen LogP contribution in [0.25, 0.3) is 10.9 Å². The number of piperidine rings is 1. The molecule has 0 bridgehead atoms. The summed E-state index contributed by atoms with van der Waals surface area (Å²) in [5.74, 6) is 1.16. The highest BCUT2D eigenvalue weighted by molar-refractivity contribution is 5.98. The highest BCUT2D eigenvalue weighted by Crippen LogP contribution is 2.24. The molecule has 0 saturated carbocycles. The Kier molecular flexibility index (Phi) is 4.71. The molecule has 4 heteroatoms. The zero-order valence-electron chi connectivity index (χ0n) is 14.1. The molecule has 23 heavy (non-hydrogen) atoms. The molecule has 3 rings (SSSR count). The Bertz CT molecular complexity index is 687. The normalized spacial score (nSPS) is 18.8. The van der Waals surface area contributed by atoms with E-state index in [1.165, 1.54) is 12.0 Å². The molecule has 1 aromatic heterocycles. The Morgan fingerprint density at radius 2 is 2.22 bits per heavy atom. The minimum absolute atomic E-state index is 0.119. The molecule has 1 saturated heterocycles. The molecule has 3 N–H and O–H groups in total. The van der Waals surface area contributed by atoms with Gasteiger partial charge in [-0.05, 0) is 55.3 Å². The number of benzene rings is 1. The summed E-state index contributed by atoms with van der Waals surface area (Å²) < 4.78 is 0. The average Bonchev–Trinajstić information content (AvgIpc) is 2.97. The molecule has 0 aliphatic carbocycles. The van der Waals surface area contributed by atoms with Crippen molar-refractivity contribution in [2.45, 2.75) is 39.0 Å². The Labute approximate surface area is 138 Å². The van der Waals surface area contributed by atoms with E-state index in [2.05, 4.69) is 37.0 Å².